The molecule has 0 aliphatic heterocycles. The summed E-state index contributed by atoms with van der Waals surface area (Å²) in [6.45, 7) is 2.53. The lowest BCUT2D eigenvalue weighted by Gasteiger charge is -2.07. The molecular weight excluding hydrogens is 356 g/mol. The molecule has 0 saturated carbocycles. The third-order valence-corrected chi connectivity index (χ3v) is 4.01. The summed E-state index contributed by atoms with van der Waals surface area (Å²) >= 11 is 0. The van der Waals surface area contributed by atoms with E-state index in [0.717, 1.165) is 22.9 Å². The Bertz CT molecular complexity index is 980. The van der Waals surface area contributed by atoms with Gasteiger partial charge in [0.25, 0.3) is 5.91 Å². The number of nitrogens with one attached hydrogen (secondary N) is 1. The number of ether oxygens (including phenoxy) is 1. The number of nitrogens with zero attached hydrogens (tertiary/aromatic N) is 1. The van der Waals surface area contributed by atoms with Crippen LogP contribution in [-0.4, -0.2) is 22.3 Å². The third-order valence-electron chi connectivity index (χ3n) is 4.01. The van der Waals surface area contributed by atoms with Crippen molar-refractivity contribution >= 4 is 12.1 Å². The van der Waals surface area contributed by atoms with Crippen molar-refractivity contribution < 1.29 is 19.7 Å². The number of benzene rings is 3. The van der Waals surface area contributed by atoms with Crippen LogP contribution in [0.1, 0.15) is 27.0 Å². The maximum atomic E-state index is 12.0. The average molecular weight is 376 g/mol. The van der Waals surface area contributed by atoms with Gasteiger partial charge in [-0.05, 0) is 54.4 Å². The van der Waals surface area contributed by atoms with Gasteiger partial charge < -0.3 is 14.9 Å². The minimum Gasteiger partial charge on any atom is -0.508 e. The summed E-state index contributed by atoms with van der Waals surface area (Å²) in [4.78, 5) is 12.0. The molecule has 1 amide bonds. The molecule has 0 fully saturated rings. The van der Waals surface area contributed by atoms with Gasteiger partial charge in [0.15, 0.2) is 0 Å². The molecule has 0 unspecified atom stereocenters. The molecule has 0 saturated heterocycles. The van der Waals surface area contributed by atoms with Crippen molar-refractivity contribution in [2.75, 3.05) is 0 Å². The first-order valence-electron chi connectivity index (χ1n) is 8.65. The molecule has 28 heavy (non-hydrogen) atoms. The van der Waals surface area contributed by atoms with E-state index >= 15 is 0 Å². The van der Waals surface area contributed by atoms with Gasteiger partial charge >= 0.3 is 0 Å². The van der Waals surface area contributed by atoms with Crippen molar-refractivity contribution in [1.29, 1.82) is 0 Å². The Morgan fingerprint density at radius 1 is 1.04 bits per heavy atom. The van der Waals surface area contributed by atoms with Gasteiger partial charge in [0, 0.05) is 6.07 Å². The van der Waals surface area contributed by atoms with Gasteiger partial charge in [-0.3, -0.25) is 4.79 Å². The van der Waals surface area contributed by atoms with Crippen LogP contribution in [0.15, 0.2) is 71.8 Å². The van der Waals surface area contributed by atoms with Gasteiger partial charge in [-0.1, -0.05) is 29.8 Å². The van der Waals surface area contributed by atoms with Crippen LogP contribution in [0.4, 0.5) is 0 Å². The molecule has 3 N–H and O–H groups in total. The molecular formula is C22H20N2O4. The van der Waals surface area contributed by atoms with Gasteiger partial charge in [-0.25, -0.2) is 5.43 Å². The Labute approximate surface area is 162 Å². The zero-order valence-electron chi connectivity index (χ0n) is 15.3. The highest BCUT2D eigenvalue weighted by Gasteiger charge is 2.10. The highest BCUT2D eigenvalue weighted by Crippen LogP contribution is 2.22. The molecule has 3 aromatic carbocycles. The van der Waals surface area contributed by atoms with Crippen LogP contribution in [0.25, 0.3) is 0 Å². The molecule has 0 aliphatic rings. The van der Waals surface area contributed by atoms with Crippen LogP contribution in [0.5, 0.6) is 17.2 Å². The van der Waals surface area contributed by atoms with E-state index in [1.807, 2.05) is 55.5 Å². The molecule has 3 rings (SSSR count). The number of aromatic hydroxyl groups is 2. The van der Waals surface area contributed by atoms with E-state index in [0.29, 0.717) is 6.61 Å². The zero-order valence-corrected chi connectivity index (χ0v) is 15.3. The molecule has 6 nitrogen and oxygen atoms in total. The second kappa shape index (κ2) is 8.73. The first kappa shape index (κ1) is 19.0. The highest BCUT2D eigenvalue weighted by molar-refractivity contribution is 5.97. The summed E-state index contributed by atoms with van der Waals surface area (Å²) in [6.07, 6.45) is 1.49. The molecule has 0 aliphatic carbocycles. The van der Waals surface area contributed by atoms with Crippen molar-refractivity contribution in [2.24, 2.45) is 5.10 Å². The average Bonchev–Trinajstić information content (AvgIpc) is 2.68. The van der Waals surface area contributed by atoms with E-state index in [1.165, 1.54) is 23.9 Å². The quantitative estimate of drug-likeness (QED) is 0.451. The standard InChI is InChI=1S/C22H20N2O4/c1-15-2-4-17(5-3-15)14-28-19-9-6-16(7-10-19)13-23-24-22(27)20-11-8-18(25)12-21(20)26/h2-13,25-26H,14H2,1H3,(H,24,27)/b23-13-. The van der Waals surface area contributed by atoms with Crippen molar-refractivity contribution in [3.63, 3.8) is 0 Å². The summed E-state index contributed by atoms with van der Waals surface area (Å²) in [5.74, 6) is -0.285. The lowest BCUT2D eigenvalue weighted by molar-refractivity contribution is 0.0952. The predicted octanol–water partition coefficient (Wildman–Crippen LogP) is 3.75. The summed E-state index contributed by atoms with van der Waals surface area (Å²) in [7, 11) is 0. The normalized spacial score (nSPS) is 10.8. The molecule has 142 valence electrons. The number of aryl methyl sites for hydroxylation is 1. The predicted molar refractivity (Wildman–Crippen MR) is 107 cm³/mol. The van der Waals surface area contributed by atoms with E-state index in [2.05, 4.69) is 10.5 Å². The van der Waals surface area contributed by atoms with Crippen LogP contribution in [0.2, 0.25) is 0 Å². The number of hydrogen-bond donors (Lipinski definition) is 3. The van der Waals surface area contributed by atoms with Crippen molar-refractivity contribution in [3.05, 3.63) is 89.0 Å². The summed E-state index contributed by atoms with van der Waals surface area (Å²) in [5, 5.41) is 22.8. The number of amides is 1. The Balaban J connectivity index is 1.53. The van der Waals surface area contributed by atoms with Crippen LogP contribution < -0.4 is 10.2 Å². The fourth-order valence-electron chi connectivity index (χ4n) is 2.44. The Hall–Kier alpha value is -3.80. The van der Waals surface area contributed by atoms with E-state index in [9.17, 15) is 15.0 Å². The van der Waals surface area contributed by atoms with Crippen molar-refractivity contribution in [3.8, 4) is 17.2 Å². The Morgan fingerprint density at radius 3 is 2.43 bits per heavy atom. The van der Waals surface area contributed by atoms with E-state index < -0.39 is 5.91 Å². The summed E-state index contributed by atoms with van der Waals surface area (Å²) < 4.78 is 5.75. The van der Waals surface area contributed by atoms with E-state index in [4.69, 9.17) is 4.74 Å². The topological polar surface area (TPSA) is 91.2 Å². The van der Waals surface area contributed by atoms with Gasteiger partial charge in [0.2, 0.25) is 0 Å². The van der Waals surface area contributed by atoms with Crippen molar-refractivity contribution in [2.45, 2.75) is 13.5 Å². The van der Waals surface area contributed by atoms with Crippen molar-refractivity contribution in [1.82, 2.24) is 5.43 Å². The Morgan fingerprint density at radius 2 is 1.75 bits per heavy atom. The summed E-state index contributed by atoms with van der Waals surface area (Å²) in [6, 6.07) is 19.2. The molecule has 0 spiro atoms. The van der Waals surface area contributed by atoms with Gasteiger partial charge in [-0.15, -0.1) is 0 Å². The first-order chi connectivity index (χ1) is 13.5. The number of hydrogen-bond acceptors (Lipinski definition) is 5. The van der Waals surface area contributed by atoms with Crippen LogP contribution in [-0.2, 0) is 6.61 Å². The second-order valence-corrected chi connectivity index (χ2v) is 6.24. The van der Waals surface area contributed by atoms with E-state index in [1.54, 1.807) is 0 Å². The number of phenols is 2. The smallest absolute Gasteiger partial charge is 0.275 e. The number of carbonyl (C=O) groups is 1. The minimum atomic E-state index is -0.577. The fraction of sp³-hybridized carbons (Fsp3) is 0.0909. The Kier molecular flexibility index (Phi) is 5.91. The zero-order chi connectivity index (χ0) is 19.9. The molecule has 6 heteroatoms. The highest BCUT2D eigenvalue weighted by atomic mass is 16.5. The van der Waals surface area contributed by atoms with Gasteiger partial charge in [0.1, 0.15) is 23.9 Å². The number of rotatable bonds is 6. The van der Waals surface area contributed by atoms with Gasteiger partial charge in [-0.2, -0.15) is 5.10 Å². The monoisotopic (exact) mass is 376 g/mol. The maximum absolute atomic E-state index is 12.0. The number of carbonyl (C=O) groups excluding carboxylic acids is 1. The minimum absolute atomic E-state index is 0.0230. The lowest BCUT2D eigenvalue weighted by atomic mass is 10.2. The lowest BCUT2D eigenvalue weighted by Crippen LogP contribution is -2.17. The molecule has 0 aromatic heterocycles. The van der Waals surface area contributed by atoms with E-state index in [-0.39, 0.29) is 17.1 Å². The molecule has 0 radical (unpaired) electrons. The van der Waals surface area contributed by atoms with Crippen LogP contribution in [0.3, 0.4) is 0 Å². The molecule has 0 bridgehead atoms. The van der Waals surface area contributed by atoms with Crippen LogP contribution in [0, 0.1) is 6.92 Å². The fourth-order valence-corrected chi connectivity index (χ4v) is 2.44. The summed E-state index contributed by atoms with van der Waals surface area (Å²) in [5.41, 5.74) is 5.43. The van der Waals surface area contributed by atoms with Crippen LogP contribution >= 0.6 is 0 Å². The second-order valence-electron chi connectivity index (χ2n) is 6.24. The van der Waals surface area contributed by atoms with Gasteiger partial charge in [0.05, 0.1) is 11.8 Å². The molecule has 3 aromatic rings. The SMILES string of the molecule is Cc1ccc(COc2ccc(/C=N\NC(=O)c3ccc(O)cc3O)cc2)cc1. The molecule has 0 heterocycles. The first-order valence-corrected chi connectivity index (χ1v) is 8.65. The molecule has 0 atom stereocenters. The number of hydrazone groups is 1. The number of phenolic OH excluding ortho intramolecular Hbond substituents is 2. The largest absolute Gasteiger partial charge is 0.508 e. The third kappa shape index (κ3) is 5.11. The maximum Gasteiger partial charge on any atom is 0.275 e.